The van der Waals surface area contributed by atoms with Crippen molar-refractivity contribution in [2.24, 2.45) is 5.73 Å². The quantitative estimate of drug-likeness (QED) is 0.215. The fourth-order valence-electron chi connectivity index (χ4n) is 4.24. The highest BCUT2D eigenvalue weighted by Gasteiger charge is 2.36. The number of nitrogens with two attached hydrogens (primary N) is 1. The minimum atomic E-state index is -1.46. The third kappa shape index (κ3) is 10.6. The Balaban J connectivity index is 1.99. The highest BCUT2D eigenvalue weighted by Crippen LogP contribution is 2.30. The van der Waals surface area contributed by atoms with E-state index < -0.39 is 54.4 Å². The Morgan fingerprint density at radius 3 is 1.87 bits per heavy atom. The van der Waals surface area contributed by atoms with Gasteiger partial charge in [0.25, 0.3) is 0 Å². The second-order valence-corrected chi connectivity index (χ2v) is 9.99. The number of esters is 5. The monoisotopic (exact) mass is 634 g/mol. The zero-order valence-corrected chi connectivity index (χ0v) is 25.7. The number of rotatable bonds is 13. The lowest BCUT2D eigenvalue weighted by atomic mass is 10.0. The molecule has 3 aromatic carbocycles. The van der Waals surface area contributed by atoms with Gasteiger partial charge in [0.05, 0.1) is 6.04 Å². The van der Waals surface area contributed by atoms with Crippen LogP contribution >= 0.6 is 0 Å². The third-order valence-corrected chi connectivity index (χ3v) is 6.15. The van der Waals surface area contributed by atoms with Crippen LogP contribution < -0.4 is 24.8 Å². The van der Waals surface area contributed by atoms with E-state index in [1.165, 1.54) is 63.2 Å². The van der Waals surface area contributed by atoms with Crippen LogP contribution in [0.3, 0.4) is 0 Å². The summed E-state index contributed by atoms with van der Waals surface area (Å²) in [5.41, 5.74) is 7.68. The van der Waals surface area contributed by atoms with Crippen molar-refractivity contribution >= 4 is 41.4 Å². The molecule has 46 heavy (non-hydrogen) atoms. The van der Waals surface area contributed by atoms with Crippen molar-refractivity contribution in [1.82, 2.24) is 0 Å². The largest absolute Gasteiger partial charge is 0.463 e. The number of hydrogen-bond acceptors (Lipinski definition) is 12. The van der Waals surface area contributed by atoms with E-state index in [4.69, 9.17) is 29.4 Å². The fraction of sp³-hybridized carbons (Fsp3) is 0.273. The first kappa shape index (κ1) is 34.9. The Labute approximate surface area is 265 Å². The summed E-state index contributed by atoms with van der Waals surface area (Å²) in [6, 6.07) is 16.1. The van der Waals surface area contributed by atoms with Gasteiger partial charge in [0, 0.05) is 33.4 Å². The smallest absolute Gasteiger partial charge is 0.333 e. The molecule has 0 saturated carbocycles. The van der Waals surface area contributed by atoms with Crippen LogP contribution in [0.5, 0.6) is 17.2 Å². The van der Waals surface area contributed by atoms with Crippen molar-refractivity contribution in [1.29, 1.82) is 0 Å². The van der Waals surface area contributed by atoms with Crippen LogP contribution in [0.4, 0.5) is 5.69 Å². The first-order valence-corrected chi connectivity index (χ1v) is 14.0. The van der Waals surface area contributed by atoms with Crippen molar-refractivity contribution in [3.8, 4) is 17.2 Å². The number of anilines is 1. The molecule has 0 aromatic heterocycles. The number of hydrogen-bond donors (Lipinski definition) is 1. The van der Waals surface area contributed by atoms with Crippen LogP contribution in [-0.2, 0) is 51.3 Å². The lowest BCUT2D eigenvalue weighted by Gasteiger charge is -2.32. The summed E-state index contributed by atoms with van der Waals surface area (Å²) in [4.78, 5) is 75.0. The number of carbonyl (C=O) groups excluding carboxylic acids is 6. The molecule has 0 aliphatic carbocycles. The van der Waals surface area contributed by atoms with E-state index in [1.54, 1.807) is 30.3 Å². The summed E-state index contributed by atoms with van der Waals surface area (Å²) in [7, 11) is 0. The molecule has 0 aliphatic rings. The minimum Gasteiger partial charge on any atom is -0.463 e. The Bertz CT molecular complexity index is 1570. The maximum Gasteiger partial charge on any atom is 0.333 e. The summed E-state index contributed by atoms with van der Waals surface area (Å²) in [5.74, 6) is -4.09. The van der Waals surface area contributed by atoms with Crippen LogP contribution in [0.15, 0.2) is 72.8 Å². The van der Waals surface area contributed by atoms with Crippen LogP contribution in [0.1, 0.15) is 38.8 Å². The number of benzene rings is 3. The summed E-state index contributed by atoms with van der Waals surface area (Å²) in [5, 5.41) is 0. The van der Waals surface area contributed by atoms with Gasteiger partial charge in [0.2, 0.25) is 5.91 Å². The molecule has 2 atom stereocenters. The van der Waals surface area contributed by atoms with E-state index in [9.17, 15) is 28.8 Å². The van der Waals surface area contributed by atoms with E-state index in [0.29, 0.717) is 11.1 Å². The van der Waals surface area contributed by atoms with Crippen molar-refractivity contribution in [2.75, 3.05) is 11.5 Å². The average molecular weight is 635 g/mol. The first-order valence-electron chi connectivity index (χ1n) is 14.0. The van der Waals surface area contributed by atoms with Crippen LogP contribution in [-0.4, -0.2) is 54.4 Å². The zero-order chi connectivity index (χ0) is 33.8. The van der Waals surface area contributed by atoms with E-state index in [0.717, 1.165) is 11.8 Å². The molecular weight excluding hydrogens is 600 g/mol. The standard InChI is InChI=1S/C33H34N2O11/c1-20(36)42-19-29(33(41)43-18-24-8-6-5-7-9-24)35(26-11-13-27(14-12-26)44-21(2)37)32(40)28(34)16-25-10-15-30(45-22(3)38)31(17-25)46-23(4)39/h5-15,17,28-29H,16,18-19,34H2,1-4H3/t28-,29-/m0/s1. The zero-order valence-electron chi connectivity index (χ0n) is 25.7. The van der Waals surface area contributed by atoms with Crippen LogP contribution in [0.2, 0.25) is 0 Å². The van der Waals surface area contributed by atoms with Gasteiger partial charge in [-0.25, -0.2) is 4.79 Å². The maximum absolute atomic E-state index is 14.1. The van der Waals surface area contributed by atoms with Gasteiger partial charge in [-0.2, -0.15) is 0 Å². The molecule has 0 saturated heterocycles. The lowest BCUT2D eigenvalue weighted by molar-refractivity contribution is -0.152. The van der Waals surface area contributed by atoms with Gasteiger partial charge >= 0.3 is 29.8 Å². The van der Waals surface area contributed by atoms with E-state index >= 15 is 0 Å². The van der Waals surface area contributed by atoms with Crippen molar-refractivity contribution in [3.05, 3.63) is 83.9 Å². The van der Waals surface area contributed by atoms with Gasteiger partial charge in [-0.05, 0) is 53.9 Å². The third-order valence-electron chi connectivity index (χ3n) is 6.15. The van der Waals surface area contributed by atoms with Crippen LogP contribution in [0.25, 0.3) is 0 Å². The molecular formula is C33H34N2O11. The summed E-state index contributed by atoms with van der Waals surface area (Å²) in [6.07, 6.45) is -0.116. The summed E-state index contributed by atoms with van der Waals surface area (Å²) < 4.78 is 26.0. The van der Waals surface area contributed by atoms with Gasteiger partial charge in [-0.15, -0.1) is 0 Å². The Morgan fingerprint density at radius 1 is 0.674 bits per heavy atom. The topological polar surface area (TPSA) is 178 Å². The average Bonchev–Trinajstić information content (AvgIpc) is 2.99. The number of nitrogens with zero attached hydrogens (tertiary/aromatic N) is 1. The van der Waals surface area contributed by atoms with Gasteiger partial charge in [-0.3, -0.25) is 28.9 Å². The summed E-state index contributed by atoms with van der Waals surface area (Å²) >= 11 is 0. The Morgan fingerprint density at radius 2 is 1.28 bits per heavy atom. The SMILES string of the molecule is CC(=O)OC[C@@H](C(=O)OCc1ccccc1)N(C(=O)[C@@H](N)Cc1ccc(OC(C)=O)c(OC(C)=O)c1)c1ccc(OC(C)=O)cc1. The summed E-state index contributed by atoms with van der Waals surface area (Å²) in [6.45, 7) is 4.06. The lowest BCUT2D eigenvalue weighted by Crippen LogP contribution is -2.54. The van der Waals surface area contributed by atoms with E-state index in [-0.39, 0.29) is 36.0 Å². The van der Waals surface area contributed by atoms with Gasteiger partial charge in [0.1, 0.15) is 19.0 Å². The molecule has 242 valence electrons. The predicted octanol–water partition coefficient (Wildman–Crippen LogP) is 3.04. The molecule has 3 rings (SSSR count). The van der Waals surface area contributed by atoms with Gasteiger partial charge < -0.3 is 29.4 Å². The van der Waals surface area contributed by atoms with E-state index in [2.05, 4.69) is 0 Å². The van der Waals surface area contributed by atoms with Crippen molar-refractivity contribution in [2.45, 2.75) is 52.8 Å². The second kappa shape index (κ2) is 16.5. The molecule has 0 fully saturated rings. The highest BCUT2D eigenvalue weighted by molar-refractivity contribution is 6.02. The van der Waals surface area contributed by atoms with E-state index in [1.807, 2.05) is 0 Å². The molecule has 0 aliphatic heterocycles. The fourth-order valence-corrected chi connectivity index (χ4v) is 4.24. The number of carbonyl (C=O) groups is 6. The molecule has 0 radical (unpaired) electrons. The molecule has 1 amide bonds. The maximum atomic E-state index is 14.1. The van der Waals surface area contributed by atoms with Gasteiger partial charge in [0.15, 0.2) is 17.5 Å². The van der Waals surface area contributed by atoms with Crippen molar-refractivity contribution < 1.29 is 52.5 Å². The first-order chi connectivity index (χ1) is 21.8. The molecule has 3 aromatic rings. The molecule has 0 heterocycles. The Kier molecular flexibility index (Phi) is 12.5. The molecule has 0 bridgehead atoms. The molecule has 2 N–H and O–H groups in total. The normalized spacial score (nSPS) is 11.8. The highest BCUT2D eigenvalue weighted by atomic mass is 16.6. The van der Waals surface area contributed by atoms with Gasteiger partial charge in [-0.1, -0.05) is 36.4 Å². The molecule has 0 unspecified atom stereocenters. The van der Waals surface area contributed by atoms with Crippen molar-refractivity contribution in [3.63, 3.8) is 0 Å². The predicted molar refractivity (Wildman–Crippen MR) is 163 cm³/mol. The number of amides is 1. The Hall–Kier alpha value is -5.56. The molecule has 13 heteroatoms. The van der Waals surface area contributed by atoms with Crippen LogP contribution in [0, 0.1) is 0 Å². The molecule has 13 nitrogen and oxygen atoms in total. The second-order valence-electron chi connectivity index (χ2n) is 9.99. The number of ether oxygens (including phenoxy) is 5. The minimum absolute atomic E-state index is 0.0107. The molecule has 0 spiro atoms.